The van der Waals surface area contributed by atoms with E-state index in [0.717, 1.165) is 24.8 Å². The second-order valence-electron chi connectivity index (χ2n) is 5.22. The Balaban J connectivity index is 2.55. The van der Waals surface area contributed by atoms with Crippen molar-refractivity contribution in [3.05, 3.63) is 35.9 Å². The third-order valence-electron chi connectivity index (χ3n) is 3.50. The predicted molar refractivity (Wildman–Crippen MR) is 78.1 cm³/mol. The Morgan fingerprint density at radius 3 is 2.47 bits per heavy atom. The summed E-state index contributed by atoms with van der Waals surface area (Å²) in [5.41, 5.74) is 0.711. The van der Waals surface area contributed by atoms with Crippen LogP contribution in [0.5, 0.6) is 0 Å². The molecular weight excluding hydrogens is 238 g/mol. The molecule has 0 fully saturated rings. The van der Waals surface area contributed by atoms with Crippen molar-refractivity contribution < 1.29 is 9.53 Å². The molecule has 3 heteroatoms. The van der Waals surface area contributed by atoms with E-state index >= 15 is 0 Å². The highest BCUT2D eigenvalue weighted by Crippen LogP contribution is 2.22. The molecule has 3 nitrogen and oxygen atoms in total. The van der Waals surface area contributed by atoms with Gasteiger partial charge in [0.15, 0.2) is 0 Å². The Bertz CT molecular complexity index is 391. The minimum absolute atomic E-state index is 0.0450. The first-order chi connectivity index (χ1) is 9.00. The van der Waals surface area contributed by atoms with Crippen LogP contribution in [0, 0.1) is 0 Å². The maximum atomic E-state index is 11.9. The van der Waals surface area contributed by atoms with Gasteiger partial charge in [-0.2, -0.15) is 0 Å². The van der Waals surface area contributed by atoms with Gasteiger partial charge in [0, 0.05) is 0 Å². The van der Waals surface area contributed by atoms with Crippen LogP contribution in [-0.2, 0) is 4.74 Å². The van der Waals surface area contributed by atoms with Crippen molar-refractivity contribution in [2.75, 3.05) is 0 Å². The lowest BCUT2D eigenvalue weighted by atomic mass is 9.97. The maximum Gasteiger partial charge on any atom is 0.408 e. The first kappa shape index (κ1) is 15.5. The summed E-state index contributed by atoms with van der Waals surface area (Å²) in [6.07, 6.45) is 2.38. The minimum Gasteiger partial charge on any atom is -0.443 e. The Hall–Kier alpha value is -1.51. The Morgan fingerprint density at radius 1 is 1.32 bits per heavy atom. The molecule has 0 saturated heterocycles. The number of hydrogen-bond acceptors (Lipinski definition) is 2. The van der Waals surface area contributed by atoms with E-state index in [2.05, 4.69) is 12.2 Å². The van der Waals surface area contributed by atoms with Crippen LogP contribution >= 0.6 is 0 Å². The molecule has 106 valence electrons. The molecule has 0 bridgehead atoms. The van der Waals surface area contributed by atoms with Crippen molar-refractivity contribution in [2.24, 2.45) is 0 Å². The Labute approximate surface area is 116 Å². The van der Waals surface area contributed by atoms with Gasteiger partial charge in [-0.05, 0) is 32.3 Å². The summed E-state index contributed by atoms with van der Waals surface area (Å²) < 4.78 is 5.57. The summed E-state index contributed by atoms with van der Waals surface area (Å²) in [6.45, 7) is 8.09. The lowest BCUT2D eigenvalue weighted by Gasteiger charge is -2.29. The van der Waals surface area contributed by atoms with Gasteiger partial charge in [0.2, 0.25) is 0 Å². The summed E-state index contributed by atoms with van der Waals surface area (Å²) in [4.78, 5) is 11.9. The Kier molecular flexibility index (Phi) is 5.87. The summed E-state index contributed by atoms with van der Waals surface area (Å²) in [6, 6.07) is 9.84. The molecule has 1 aromatic rings. The number of benzene rings is 1. The van der Waals surface area contributed by atoms with Crippen molar-refractivity contribution in [2.45, 2.75) is 58.6 Å². The van der Waals surface area contributed by atoms with Gasteiger partial charge in [-0.3, -0.25) is 0 Å². The van der Waals surface area contributed by atoms with E-state index in [0.29, 0.717) is 0 Å². The molecule has 0 saturated carbocycles. The lowest BCUT2D eigenvalue weighted by molar-refractivity contribution is 0.0137. The number of alkyl carbamates (subject to hydrolysis) is 1. The zero-order chi connectivity index (χ0) is 14.3. The van der Waals surface area contributed by atoms with E-state index in [9.17, 15) is 4.79 Å². The number of ether oxygens (including phenoxy) is 1. The lowest BCUT2D eigenvalue weighted by Crippen LogP contribution is -2.37. The maximum absolute atomic E-state index is 11.9. The first-order valence-corrected chi connectivity index (χ1v) is 7.05. The van der Waals surface area contributed by atoms with Crippen LogP contribution < -0.4 is 5.32 Å². The third kappa shape index (κ3) is 4.93. The van der Waals surface area contributed by atoms with Gasteiger partial charge < -0.3 is 10.1 Å². The Morgan fingerprint density at radius 2 is 1.95 bits per heavy atom. The van der Waals surface area contributed by atoms with E-state index in [1.165, 1.54) is 0 Å². The zero-order valence-corrected chi connectivity index (χ0v) is 12.4. The molecule has 0 aliphatic carbocycles. The van der Waals surface area contributed by atoms with E-state index in [-0.39, 0.29) is 17.7 Å². The van der Waals surface area contributed by atoms with Crippen molar-refractivity contribution in [1.82, 2.24) is 5.32 Å². The molecular formula is C16H25NO2. The standard InChI is InChI=1S/C16H25NO2/c1-5-12-16(4,6-2)19-15(18)17-13(3)14-10-8-7-9-11-14/h7-11,13H,5-6,12H2,1-4H3,(H,17,18). The second-order valence-corrected chi connectivity index (χ2v) is 5.22. The van der Waals surface area contributed by atoms with Crippen LogP contribution in [0.2, 0.25) is 0 Å². The van der Waals surface area contributed by atoms with Gasteiger partial charge in [0.05, 0.1) is 6.04 Å². The van der Waals surface area contributed by atoms with E-state index in [1.54, 1.807) is 0 Å². The highest BCUT2D eigenvalue weighted by Gasteiger charge is 2.26. The van der Waals surface area contributed by atoms with Gasteiger partial charge in [0.25, 0.3) is 0 Å². The topological polar surface area (TPSA) is 38.3 Å². The molecule has 0 aliphatic heterocycles. The van der Waals surface area contributed by atoms with E-state index in [1.807, 2.05) is 51.1 Å². The van der Waals surface area contributed by atoms with Gasteiger partial charge in [-0.25, -0.2) is 4.79 Å². The van der Waals surface area contributed by atoms with Gasteiger partial charge in [0.1, 0.15) is 5.60 Å². The van der Waals surface area contributed by atoms with Crippen LogP contribution in [0.1, 0.15) is 58.6 Å². The smallest absolute Gasteiger partial charge is 0.408 e. The number of hydrogen-bond donors (Lipinski definition) is 1. The quantitative estimate of drug-likeness (QED) is 0.823. The fourth-order valence-electron chi connectivity index (χ4n) is 2.08. The van der Waals surface area contributed by atoms with E-state index < -0.39 is 0 Å². The highest BCUT2D eigenvalue weighted by atomic mass is 16.6. The molecule has 2 unspecified atom stereocenters. The molecule has 1 rings (SSSR count). The molecule has 0 radical (unpaired) electrons. The summed E-state index contributed by atoms with van der Waals surface area (Å²) in [7, 11) is 0. The van der Waals surface area contributed by atoms with Crippen LogP contribution in [0.4, 0.5) is 4.79 Å². The van der Waals surface area contributed by atoms with Gasteiger partial charge in [-0.1, -0.05) is 50.6 Å². The number of nitrogens with one attached hydrogen (secondary N) is 1. The minimum atomic E-state index is -0.366. The number of carbonyl (C=O) groups excluding carboxylic acids is 1. The van der Waals surface area contributed by atoms with Gasteiger partial charge in [-0.15, -0.1) is 0 Å². The van der Waals surface area contributed by atoms with Crippen LogP contribution in [0.25, 0.3) is 0 Å². The van der Waals surface area contributed by atoms with Crippen LogP contribution in [0.3, 0.4) is 0 Å². The zero-order valence-electron chi connectivity index (χ0n) is 12.4. The third-order valence-corrected chi connectivity index (χ3v) is 3.50. The molecule has 1 amide bonds. The SMILES string of the molecule is CCCC(C)(CC)OC(=O)NC(C)c1ccccc1. The molecule has 1 aromatic carbocycles. The first-order valence-electron chi connectivity index (χ1n) is 7.05. The van der Waals surface area contributed by atoms with Crippen molar-refractivity contribution in [3.8, 4) is 0 Å². The van der Waals surface area contributed by atoms with Crippen LogP contribution in [0.15, 0.2) is 30.3 Å². The van der Waals surface area contributed by atoms with Crippen molar-refractivity contribution in [1.29, 1.82) is 0 Å². The average Bonchev–Trinajstić information content (AvgIpc) is 2.39. The average molecular weight is 263 g/mol. The normalized spacial score (nSPS) is 15.4. The fraction of sp³-hybridized carbons (Fsp3) is 0.562. The van der Waals surface area contributed by atoms with Crippen LogP contribution in [-0.4, -0.2) is 11.7 Å². The summed E-state index contributed by atoms with van der Waals surface area (Å²) in [5.74, 6) is 0. The monoisotopic (exact) mass is 263 g/mol. The van der Waals surface area contributed by atoms with Gasteiger partial charge >= 0.3 is 6.09 Å². The number of carbonyl (C=O) groups is 1. The predicted octanol–water partition coefficient (Wildman–Crippen LogP) is 4.44. The molecule has 0 aromatic heterocycles. The number of amides is 1. The van der Waals surface area contributed by atoms with E-state index in [4.69, 9.17) is 4.74 Å². The molecule has 19 heavy (non-hydrogen) atoms. The largest absolute Gasteiger partial charge is 0.443 e. The molecule has 2 atom stereocenters. The molecule has 1 N–H and O–H groups in total. The molecule has 0 aliphatic rings. The highest BCUT2D eigenvalue weighted by molar-refractivity contribution is 5.68. The second kappa shape index (κ2) is 7.17. The fourth-order valence-corrected chi connectivity index (χ4v) is 2.08. The molecule has 0 spiro atoms. The van der Waals surface area contributed by atoms with Crippen molar-refractivity contribution in [3.63, 3.8) is 0 Å². The number of rotatable bonds is 6. The summed E-state index contributed by atoms with van der Waals surface area (Å²) in [5, 5.41) is 2.88. The van der Waals surface area contributed by atoms with Crippen molar-refractivity contribution >= 4 is 6.09 Å². The molecule has 0 heterocycles. The summed E-state index contributed by atoms with van der Waals surface area (Å²) >= 11 is 0.